The summed E-state index contributed by atoms with van der Waals surface area (Å²) in [7, 11) is 0. The van der Waals surface area contributed by atoms with E-state index < -0.39 is 0 Å². The van der Waals surface area contributed by atoms with Crippen molar-refractivity contribution >= 4 is 6.09 Å². The molecule has 1 aromatic carbocycles. The van der Waals surface area contributed by atoms with Gasteiger partial charge < -0.3 is 10.1 Å². The number of piperidine rings is 3. The lowest BCUT2D eigenvalue weighted by molar-refractivity contribution is -0.0332. The second-order valence-corrected chi connectivity index (χ2v) is 6.59. The van der Waals surface area contributed by atoms with Crippen molar-refractivity contribution in [2.45, 2.75) is 37.3 Å². The summed E-state index contributed by atoms with van der Waals surface area (Å²) in [6, 6.07) is 10.6. The van der Waals surface area contributed by atoms with E-state index in [0.717, 1.165) is 13.0 Å². The van der Waals surface area contributed by atoms with E-state index in [-0.39, 0.29) is 18.2 Å². The van der Waals surface area contributed by atoms with E-state index in [2.05, 4.69) is 34.5 Å². The molecule has 3 atom stereocenters. The van der Waals surface area contributed by atoms with Gasteiger partial charge in [0.2, 0.25) is 0 Å². The normalized spacial score (nSPS) is 37.0. The van der Waals surface area contributed by atoms with Gasteiger partial charge in [-0.2, -0.15) is 0 Å². The summed E-state index contributed by atoms with van der Waals surface area (Å²) in [5.41, 5.74) is 1.31. The predicted molar refractivity (Wildman–Crippen MR) is 80.2 cm³/mol. The number of amides is 1. The Hall–Kier alpha value is -1.55. The molecule has 1 saturated carbocycles. The van der Waals surface area contributed by atoms with E-state index in [1.54, 1.807) is 0 Å². The van der Waals surface area contributed by atoms with Gasteiger partial charge in [-0.15, -0.1) is 0 Å². The summed E-state index contributed by atoms with van der Waals surface area (Å²) in [6.07, 6.45) is 3.25. The van der Waals surface area contributed by atoms with Crippen LogP contribution in [0.4, 0.5) is 4.79 Å². The van der Waals surface area contributed by atoms with Crippen molar-refractivity contribution in [2.75, 3.05) is 19.6 Å². The number of nitrogens with zero attached hydrogens (tertiary/aromatic N) is 1. The SMILES string of the molecule is O=C(NC1CC1c1ccccc1)OC1CN2CCC1CC2. The molecule has 4 nitrogen and oxygen atoms in total. The highest BCUT2D eigenvalue weighted by atomic mass is 16.6. The number of hydrogen-bond acceptors (Lipinski definition) is 3. The minimum atomic E-state index is -0.225. The Kier molecular flexibility index (Phi) is 3.34. The summed E-state index contributed by atoms with van der Waals surface area (Å²) in [5, 5.41) is 3.03. The molecule has 0 aromatic heterocycles. The van der Waals surface area contributed by atoms with Gasteiger partial charge in [-0.25, -0.2) is 4.79 Å². The second-order valence-electron chi connectivity index (χ2n) is 6.59. The first-order valence-electron chi connectivity index (χ1n) is 8.04. The van der Waals surface area contributed by atoms with Crippen LogP contribution in [0.15, 0.2) is 30.3 Å². The molecule has 1 amide bonds. The van der Waals surface area contributed by atoms with E-state index in [9.17, 15) is 4.79 Å². The van der Waals surface area contributed by atoms with Crippen LogP contribution in [0, 0.1) is 5.92 Å². The Bertz CT molecular complexity index is 511. The van der Waals surface area contributed by atoms with Gasteiger partial charge in [0.1, 0.15) is 6.10 Å². The average Bonchev–Trinajstić information content (AvgIpc) is 3.28. The lowest BCUT2D eigenvalue weighted by Crippen LogP contribution is -2.52. The van der Waals surface area contributed by atoms with Gasteiger partial charge in [-0.1, -0.05) is 30.3 Å². The van der Waals surface area contributed by atoms with Gasteiger partial charge in [0, 0.05) is 18.5 Å². The first-order valence-corrected chi connectivity index (χ1v) is 8.04. The lowest BCUT2D eigenvalue weighted by Gasteiger charge is -2.43. The largest absolute Gasteiger partial charge is 0.445 e. The van der Waals surface area contributed by atoms with Crippen molar-refractivity contribution in [1.82, 2.24) is 10.2 Å². The Labute approximate surface area is 125 Å². The summed E-state index contributed by atoms with van der Waals surface area (Å²) in [4.78, 5) is 14.5. The third kappa shape index (κ3) is 2.77. The number of benzene rings is 1. The number of ether oxygens (including phenoxy) is 1. The fraction of sp³-hybridized carbons (Fsp3) is 0.588. The quantitative estimate of drug-likeness (QED) is 0.927. The molecular weight excluding hydrogens is 264 g/mol. The van der Waals surface area contributed by atoms with Crippen molar-refractivity contribution in [3.05, 3.63) is 35.9 Å². The monoisotopic (exact) mass is 286 g/mol. The van der Waals surface area contributed by atoms with Crippen LogP contribution in [-0.4, -0.2) is 42.8 Å². The summed E-state index contributed by atoms with van der Waals surface area (Å²) >= 11 is 0. The van der Waals surface area contributed by atoms with Gasteiger partial charge in [-0.3, -0.25) is 4.90 Å². The molecular formula is C17H22N2O2. The summed E-state index contributed by atoms with van der Waals surface area (Å²) < 4.78 is 5.67. The molecule has 0 spiro atoms. The first-order chi connectivity index (χ1) is 10.3. The Morgan fingerprint density at radius 2 is 1.95 bits per heavy atom. The number of rotatable bonds is 3. The molecule has 21 heavy (non-hydrogen) atoms. The molecule has 1 N–H and O–H groups in total. The van der Waals surface area contributed by atoms with Crippen LogP contribution in [0.5, 0.6) is 0 Å². The van der Waals surface area contributed by atoms with E-state index in [1.165, 1.54) is 31.5 Å². The van der Waals surface area contributed by atoms with Crippen LogP contribution in [0.25, 0.3) is 0 Å². The van der Waals surface area contributed by atoms with Crippen molar-refractivity contribution < 1.29 is 9.53 Å². The smallest absolute Gasteiger partial charge is 0.407 e. The molecule has 112 valence electrons. The molecule has 1 aromatic rings. The highest BCUT2D eigenvalue weighted by molar-refractivity contribution is 5.68. The third-order valence-corrected chi connectivity index (χ3v) is 5.18. The van der Waals surface area contributed by atoms with E-state index in [0.29, 0.717) is 11.8 Å². The predicted octanol–water partition coefficient (Wildman–Crippen LogP) is 2.36. The number of carbonyl (C=O) groups is 1. The fourth-order valence-corrected chi connectivity index (χ4v) is 3.79. The highest BCUT2D eigenvalue weighted by Crippen LogP contribution is 2.40. The fourth-order valence-electron chi connectivity index (χ4n) is 3.79. The maximum atomic E-state index is 12.1. The summed E-state index contributed by atoms with van der Waals surface area (Å²) in [5.74, 6) is 1.04. The molecule has 4 heteroatoms. The molecule has 1 aliphatic carbocycles. The molecule has 3 aliphatic heterocycles. The molecule has 3 unspecified atom stereocenters. The topological polar surface area (TPSA) is 41.6 Å². The first kappa shape index (κ1) is 13.1. The Morgan fingerprint density at radius 1 is 1.19 bits per heavy atom. The van der Waals surface area contributed by atoms with Gasteiger partial charge in [0.15, 0.2) is 0 Å². The maximum absolute atomic E-state index is 12.1. The third-order valence-electron chi connectivity index (χ3n) is 5.18. The lowest BCUT2D eigenvalue weighted by atomic mass is 9.86. The molecule has 3 saturated heterocycles. The number of nitrogens with one attached hydrogen (secondary N) is 1. The zero-order chi connectivity index (χ0) is 14.2. The van der Waals surface area contributed by atoms with Crippen LogP contribution in [0.1, 0.15) is 30.7 Å². The van der Waals surface area contributed by atoms with Crippen molar-refractivity contribution in [3.63, 3.8) is 0 Å². The average molecular weight is 286 g/mol. The molecule has 0 radical (unpaired) electrons. The van der Waals surface area contributed by atoms with Crippen molar-refractivity contribution in [1.29, 1.82) is 0 Å². The Balaban J connectivity index is 1.28. The number of hydrogen-bond donors (Lipinski definition) is 1. The van der Waals surface area contributed by atoms with Gasteiger partial charge in [-0.05, 0) is 43.8 Å². The van der Waals surface area contributed by atoms with Gasteiger partial charge in [0.05, 0.1) is 0 Å². The van der Waals surface area contributed by atoms with Gasteiger partial charge in [0.25, 0.3) is 0 Å². The molecule has 4 fully saturated rings. The van der Waals surface area contributed by atoms with Crippen LogP contribution in [-0.2, 0) is 4.74 Å². The molecule has 2 bridgehead atoms. The second kappa shape index (κ2) is 5.34. The zero-order valence-electron chi connectivity index (χ0n) is 12.2. The number of fused-ring (bicyclic) bond motifs is 3. The number of carbonyl (C=O) groups excluding carboxylic acids is 1. The minimum absolute atomic E-state index is 0.0985. The molecule has 3 heterocycles. The van der Waals surface area contributed by atoms with E-state index in [1.807, 2.05) is 6.07 Å². The zero-order valence-corrected chi connectivity index (χ0v) is 12.2. The van der Waals surface area contributed by atoms with Crippen LogP contribution >= 0.6 is 0 Å². The molecule has 5 rings (SSSR count). The summed E-state index contributed by atoms with van der Waals surface area (Å²) in [6.45, 7) is 3.26. The van der Waals surface area contributed by atoms with Crippen molar-refractivity contribution in [2.24, 2.45) is 5.92 Å². The van der Waals surface area contributed by atoms with Crippen LogP contribution in [0.2, 0.25) is 0 Å². The Morgan fingerprint density at radius 3 is 2.62 bits per heavy atom. The number of alkyl carbamates (subject to hydrolysis) is 1. The van der Waals surface area contributed by atoms with Crippen LogP contribution in [0.3, 0.4) is 0 Å². The van der Waals surface area contributed by atoms with Gasteiger partial charge >= 0.3 is 6.09 Å². The van der Waals surface area contributed by atoms with E-state index in [4.69, 9.17) is 4.74 Å². The maximum Gasteiger partial charge on any atom is 0.407 e. The standard InChI is InChI=1S/C17H22N2O2/c20-17(21-16-11-19-8-6-13(16)7-9-19)18-15-10-14(15)12-4-2-1-3-5-12/h1-5,13-16H,6-11H2,(H,18,20). The van der Waals surface area contributed by atoms with Crippen molar-refractivity contribution in [3.8, 4) is 0 Å². The highest BCUT2D eigenvalue weighted by Gasteiger charge is 2.41. The molecule has 4 aliphatic rings. The van der Waals surface area contributed by atoms with E-state index >= 15 is 0 Å². The minimum Gasteiger partial charge on any atom is -0.445 e. The van der Waals surface area contributed by atoms with Crippen LogP contribution < -0.4 is 5.32 Å².